The van der Waals surface area contributed by atoms with Crippen LogP contribution in [0.25, 0.3) is 10.9 Å². The standard InChI is InChI=1S/C13H17N3S/c1-15(2)7-8-16-6-5-10-11-9-14-17-13(11)4-3-12(10)16/h3-6,14H,7-9H2,1-2H3. The van der Waals surface area contributed by atoms with Gasteiger partial charge in [0.2, 0.25) is 0 Å². The molecule has 2 heterocycles. The van der Waals surface area contributed by atoms with Crippen molar-refractivity contribution in [2.45, 2.75) is 18.0 Å². The first kappa shape index (κ1) is 11.1. The van der Waals surface area contributed by atoms with Crippen molar-refractivity contribution in [2.75, 3.05) is 20.6 Å². The maximum Gasteiger partial charge on any atom is 0.0484 e. The Morgan fingerprint density at radius 1 is 1.35 bits per heavy atom. The van der Waals surface area contributed by atoms with Crippen LogP contribution in [0, 0.1) is 0 Å². The summed E-state index contributed by atoms with van der Waals surface area (Å²) >= 11 is 1.74. The first-order valence-electron chi connectivity index (χ1n) is 5.91. The van der Waals surface area contributed by atoms with Gasteiger partial charge in [-0.15, -0.1) is 0 Å². The summed E-state index contributed by atoms with van der Waals surface area (Å²) in [4.78, 5) is 3.60. The number of hydrogen-bond donors (Lipinski definition) is 1. The summed E-state index contributed by atoms with van der Waals surface area (Å²) in [6.45, 7) is 3.11. The number of nitrogens with one attached hydrogen (secondary N) is 1. The highest BCUT2D eigenvalue weighted by molar-refractivity contribution is 7.97. The SMILES string of the molecule is CN(C)CCn1ccc2c3c(ccc21)SNC3. The Bertz CT molecular complexity index is 545. The van der Waals surface area contributed by atoms with Crippen molar-refractivity contribution < 1.29 is 0 Å². The first-order valence-corrected chi connectivity index (χ1v) is 6.72. The molecule has 1 aliphatic heterocycles. The van der Waals surface area contributed by atoms with E-state index in [1.54, 1.807) is 11.9 Å². The summed E-state index contributed by atoms with van der Waals surface area (Å²) < 4.78 is 5.68. The van der Waals surface area contributed by atoms with Crippen LogP contribution in [0.2, 0.25) is 0 Å². The molecule has 0 amide bonds. The maximum absolute atomic E-state index is 3.34. The second kappa shape index (κ2) is 4.37. The molecule has 0 saturated heterocycles. The molecule has 0 saturated carbocycles. The number of rotatable bonds is 3. The van der Waals surface area contributed by atoms with E-state index >= 15 is 0 Å². The molecule has 3 nitrogen and oxygen atoms in total. The smallest absolute Gasteiger partial charge is 0.0484 e. The lowest BCUT2D eigenvalue weighted by atomic mass is 10.1. The van der Waals surface area contributed by atoms with Gasteiger partial charge in [0.25, 0.3) is 0 Å². The lowest BCUT2D eigenvalue weighted by molar-refractivity contribution is 0.387. The third kappa shape index (κ3) is 1.97. The predicted octanol–water partition coefficient (Wildman–Crippen LogP) is 2.31. The van der Waals surface area contributed by atoms with Crippen LogP contribution in [0.15, 0.2) is 29.3 Å². The van der Waals surface area contributed by atoms with Crippen LogP contribution in [0.5, 0.6) is 0 Å². The van der Waals surface area contributed by atoms with Crippen LogP contribution < -0.4 is 4.72 Å². The lowest BCUT2D eigenvalue weighted by Crippen LogP contribution is -2.17. The van der Waals surface area contributed by atoms with Gasteiger partial charge in [0.05, 0.1) is 0 Å². The fourth-order valence-corrected chi connectivity index (χ4v) is 3.09. The molecule has 0 bridgehead atoms. The average molecular weight is 247 g/mol. The van der Waals surface area contributed by atoms with Gasteiger partial charge in [0, 0.05) is 41.6 Å². The van der Waals surface area contributed by atoms with E-state index in [9.17, 15) is 0 Å². The Hall–Kier alpha value is -0.970. The molecule has 0 aliphatic carbocycles. The van der Waals surface area contributed by atoms with Gasteiger partial charge in [0.1, 0.15) is 0 Å². The van der Waals surface area contributed by atoms with Crippen molar-refractivity contribution in [3.8, 4) is 0 Å². The summed E-state index contributed by atoms with van der Waals surface area (Å²) in [5.41, 5.74) is 2.81. The molecule has 2 aromatic rings. The second-order valence-electron chi connectivity index (χ2n) is 4.71. The third-order valence-electron chi connectivity index (χ3n) is 3.24. The van der Waals surface area contributed by atoms with Gasteiger partial charge < -0.3 is 9.47 Å². The van der Waals surface area contributed by atoms with Crippen LogP contribution in [-0.2, 0) is 13.1 Å². The Kier molecular flexibility index (Phi) is 2.86. The minimum Gasteiger partial charge on any atom is -0.346 e. The molecule has 17 heavy (non-hydrogen) atoms. The third-order valence-corrected chi connectivity index (χ3v) is 4.13. The Morgan fingerprint density at radius 2 is 2.24 bits per heavy atom. The monoisotopic (exact) mass is 247 g/mol. The molecule has 0 unspecified atom stereocenters. The maximum atomic E-state index is 3.34. The molecule has 0 radical (unpaired) electrons. The predicted molar refractivity (Wildman–Crippen MR) is 73.2 cm³/mol. The van der Waals surface area contributed by atoms with Gasteiger partial charge >= 0.3 is 0 Å². The minimum absolute atomic E-state index is 0.981. The molecule has 0 spiro atoms. The van der Waals surface area contributed by atoms with Crippen LogP contribution >= 0.6 is 11.9 Å². The summed E-state index contributed by atoms with van der Waals surface area (Å²) in [6.07, 6.45) is 2.21. The highest BCUT2D eigenvalue weighted by Gasteiger charge is 2.15. The van der Waals surface area contributed by atoms with E-state index in [0.717, 1.165) is 19.6 Å². The summed E-state index contributed by atoms with van der Waals surface area (Å²) in [7, 11) is 4.23. The molecule has 1 N–H and O–H groups in total. The zero-order valence-electron chi connectivity index (χ0n) is 10.2. The molecule has 0 fully saturated rings. The van der Waals surface area contributed by atoms with Gasteiger partial charge in [0.15, 0.2) is 0 Å². The number of nitrogens with zero attached hydrogens (tertiary/aromatic N) is 2. The van der Waals surface area contributed by atoms with Crippen LogP contribution in [-0.4, -0.2) is 30.1 Å². The number of aromatic nitrogens is 1. The van der Waals surface area contributed by atoms with Crippen molar-refractivity contribution in [1.82, 2.24) is 14.2 Å². The number of benzene rings is 1. The fourth-order valence-electron chi connectivity index (χ4n) is 2.28. The van der Waals surface area contributed by atoms with Crippen LogP contribution in [0.4, 0.5) is 0 Å². The molecule has 1 aliphatic rings. The Labute approximate surface area is 106 Å². The van der Waals surface area contributed by atoms with Crippen LogP contribution in [0.3, 0.4) is 0 Å². The van der Waals surface area contributed by atoms with E-state index < -0.39 is 0 Å². The zero-order valence-corrected chi connectivity index (χ0v) is 11.0. The van der Waals surface area contributed by atoms with Gasteiger partial charge in [-0.05, 0) is 49.8 Å². The lowest BCUT2D eigenvalue weighted by Gasteiger charge is -2.11. The normalized spacial score (nSPS) is 14.8. The molecular formula is C13H17N3S. The van der Waals surface area contributed by atoms with E-state index in [0.29, 0.717) is 0 Å². The van der Waals surface area contributed by atoms with Gasteiger partial charge in [-0.2, -0.15) is 0 Å². The summed E-state index contributed by atoms with van der Waals surface area (Å²) in [5, 5.41) is 1.40. The van der Waals surface area contributed by atoms with E-state index in [2.05, 4.69) is 52.7 Å². The summed E-state index contributed by atoms with van der Waals surface area (Å²) in [5.74, 6) is 0. The molecular weight excluding hydrogens is 230 g/mol. The highest BCUT2D eigenvalue weighted by Crippen LogP contribution is 2.33. The fraction of sp³-hybridized carbons (Fsp3) is 0.385. The van der Waals surface area contributed by atoms with Crippen LogP contribution in [0.1, 0.15) is 5.56 Å². The Morgan fingerprint density at radius 3 is 3.06 bits per heavy atom. The topological polar surface area (TPSA) is 20.2 Å². The van der Waals surface area contributed by atoms with E-state index in [1.165, 1.54) is 21.4 Å². The molecule has 4 heteroatoms. The van der Waals surface area contributed by atoms with E-state index in [1.807, 2.05) is 0 Å². The molecule has 90 valence electrons. The van der Waals surface area contributed by atoms with Crippen molar-refractivity contribution in [1.29, 1.82) is 0 Å². The number of fused-ring (bicyclic) bond motifs is 3. The molecule has 3 rings (SSSR count). The molecule has 1 aromatic heterocycles. The Balaban J connectivity index is 1.99. The zero-order chi connectivity index (χ0) is 11.8. The van der Waals surface area contributed by atoms with Crippen molar-refractivity contribution >= 4 is 22.9 Å². The van der Waals surface area contributed by atoms with Crippen molar-refractivity contribution in [2.24, 2.45) is 0 Å². The van der Waals surface area contributed by atoms with Gasteiger partial charge in [-0.3, -0.25) is 4.72 Å². The average Bonchev–Trinajstić information content (AvgIpc) is 2.91. The van der Waals surface area contributed by atoms with Crippen molar-refractivity contribution in [3.63, 3.8) is 0 Å². The van der Waals surface area contributed by atoms with E-state index in [-0.39, 0.29) is 0 Å². The van der Waals surface area contributed by atoms with E-state index in [4.69, 9.17) is 0 Å². The summed E-state index contributed by atoms with van der Waals surface area (Å²) in [6, 6.07) is 6.72. The van der Waals surface area contributed by atoms with Crippen molar-refractivity contribution in [3.05, 3.63) is 30.0 Å². The number of hydrogen-bond acceptors (Lipinski definition) is 3. The second-order valence-corrected chi connectivity index (χ2v) is 5.64. The number of likely N-dealkylation sites (N-methyl/N-ethyl adjacent to an activating group) is 1. The quantitative estimate of drug-likeness (QED) is 0.841. The van der Waals surface area contributed by atoms with Gasteiger partial charge in [-0.1, -0.05) is 0 Å². The highest BCUT2D eigenvalue weighted by atomic mass is 32.2. The van der Waals surface area contributed by atoms with Gasteiger partial charge in [-0.25, -0.2) is 0 Å². The first-order chi connectivity index (χ1) is 8.25. The minimum atomic E-state index is 0.981. The molecule has 0 atom stereocenters. The molecule has 1 aromatic carbocycles. The largest absolute Gasteiger partial charge is 0.346 e.